The van der Waals surface area contributed by atoms with Crippen molar-refractivity contribution >= 4 is 59.1 Å². The number of hydrogen-bond acceptors (Lipinski definition) is 11. The van der Waals surface area contributed by atoms with E-state index in [0.717, 1.165) is 81.3 Å². The molecule has 3 atom stereocenters. The number of rotatable bonds is 58. The quantitative estimate of drug-likeness (QED) is 0.0256. The number of carbonyl (C=O) groups excluding carboxylic acids is 8. The van der Waals surface area contributed by atoms with Gasteiger partial charge in [0.1, 0.15) is 24.8 Å². The molecule has 0 aliphatic carbocycles. The van der Waals surface area contributed by atoms with E-state index in [2.05, 4.69) is 42.0 Å². The lowest BCUT2D eigenvalue weighted by Crippen LogP contribution is -2.54. The first kappa shape index (κ1) is 75.1. The number of carbonyl (C=O) groups is 8. The van der Waals surface area contributed by atoms with Gasteiger partial charge in [0, 0.05) is 56.0 Å². The Morgan fingerprint density at radius 3 is 1.26 bits per heavy atom. The molecule has 0 aromatic heterocycles. The SMILES string of the molecule is CCCCCCCCCCCCCCCC(=O)NC(CSCC(COC(=O)CCCCCCCCCCCCCCC)OC(=O)CCCCCCCCCCCCCCC)C(=O)NC(C)C(=O)NCC(=O)NCCN1C(=O)C=CC1=O. The van der Waals surface area contributed by atoms with E-state index in [1.165, 1.54) is 192 Å². The zero-order chi connectivity index (χ0) is 59.2. The fraction of sp³-hybridized carbons (Fsp3) is 0.846. The fourth-order valence-electron chi connectivity index (χ4n) is 9.98. The van der Waals surface area contributed by atoms with Crippen LogP contribution in [0.4, 0.5) is 0 Å². The third-order valence-electron chi connectivity index (χ3n) is 15.2. The summed E-state index contributed by atoms with van der Waals surface area (Å²) in [7, 11) is 0. The molecule has 4 N–H and O–H groups in total. The minimum absolute atomic E-state index is 0.0000198. The Kier molecular flexibility index (Phi) is 50.1. The number of esters is 2. The number of nitrogens with zero attached hydrogens (tertiary/aromatic N) is 1. The van der Waals surface area contributed by atoms with Crippen LogP contribution < -0.4 is 21.3 Å². The molecule has 1 rings (SSSR count). The highest BCUT2D eigenvalue weighted by atomic mass is 32.2. The van der Waals surface area contributed by atoms with Crippen molar-refractivity contribution in [2.75, 3.05) is 37.7 Å². The van der Waals surface area contributed by atoms with E-state index in [4.69, 9.17) is 9.47 Å². The zero-order valence-electron chi connectivity index (χ0n) is 51.8. The van der Waals surface area contributed by atoms with E-state index in [1.807, 2.05) is 0 Å². The molecule has 1 heterocycles. The maximum atomic E-state index is 13.9. The van der Waals surface area contributed by atoms with Crippen LogP contribution in [0.5, 0.6) is 0 Å². The van der Waals surface area contributed by atoms with Crippen LogP contribution in [-0.4, -0.2) is 108 Å². The second-order valence-corrected chi connectivity index (χ2v) is 24.0. The van der Waals surface area contributed by atoms with E-state index in [-0.39, 0.29) is 68.3 Å². The molecule has 0 saturated heterocycles. The Labute approximate surface area is 496 Å². The molecule has 0 spiro atoms. The van der Waals surface area contributed by atoms with E-state index in [9.17, 15) is 38.4 Å². The van der Waals surface area contributed by atoms with Crippen molar-refractivity contribution in [2.45, 2.75) is 316 Å². The van der Waals surface area contributed by atoms with Crippen molar-refractivity contribution in [3.8, 4) is 0 Å². The average molecular weight is 1160 g/mol. The third kappa shape index (κ3) is 45.2. The molecular formula is C65H117N5O10S. The van der Waals surface area contributed by atoms with Crippen LogP contribution in [0.15, 0.2) is 12.2 Å². The highest BCUT2D eigenvalue weighted by Crippen LogP contribution is 2.18. The Hall–Kier alpha value is -3.95. The van der Waals surface area contributed by atoms with E-state index in [0.29, 0.717) is 12.8 Å². The van der Waals surface area contributed by atoms with Gasteiger partial charge in [-0.3, -0.25) is 43.3 Å². The number of unbranched alkanes of at least 4 members (excludes halogenated alkanes) is 36. The third-order valence-corrected chi connectivity index (χ3v) is 16.4. The molecule has 0 radical (unpaired) electrons. The van der Waals surface area contributed by atoms with Gasteiger partial charge in [0.05, 0.1) is 6.54 Å². The standard InChI is InChI=1S/C65H117N5O10S/c1-5-8-11-14-17-20-23-26-29-32-35-38-41-44-58(71)69-57(65(78)68-55(4)64(77)67-51-59(72)66-49-50-70-60(73)47-48-61(70)74)54-81-53-56(80-63(76)46-43-40-37-34-31-28-25-22-19-16-13-10-7-3)52-79-62(75)45-42-39-36-33-30-27-24-21-18-15-12-9-6-2/h47-48,55-57H,5-46,49-54H2,1-4H3,(H,66,72)(H,67,77)(H,68,78)(H,69,71). The molecular weight excluding hydrogens is 1040 g/mol. The van der Waals surface area contributed by atoms with Gasteiger partial charge in [0.15, 0.2) is 0 Å². The monoisotopic (exact) mass is 1160 g/mol. The van der Waals surface area contributed by atoms with Gasteiger partial charge in [-0.05, 0) is 26.2 Å². The summed E-state index contributed by atoms with van der Waals surface area (Å²) in [6.45, 7) is 7.66. The molecule has 468 valence electrons. The lowest BCUT2D eigenvalue weighted by Gasteiger charge is -2.22. The van der Waals surface area contributed by atoms with Crippen LogP contribution in [-0.2, 0) is 47.8 Å². The van der Waals surface area contributed by atoms with E-state index < -0.39 is 54.3 Å². The van der Waals surface area contributed by atoms with Gasteiger partial charge >= 0.3 is 11.9 Å². The summed E-state index contributed by atoms with van der Waals surface area (Å²) < 4.78 is 11.6. The van der Waals surface area contributed by atoms with Gasteiger partial charge in [0.25, 0.3) is 11.8 Å². The van der Waals surface area contributed by atoms with Crippen LogP contribution in [0.2, 0.25) is 0 Å². The summed E-state index contributed by atoms with van der Waals surface area (Å²) in [5.74, 6) is -3.40. The van der Waals surface area contributed by atoms with Crippen molar-refractivity contribution in [2.24, 2.45) is 0 Å². The molecule has 3 unspecified atom stereocenters. The summed E-state index contributed by atoms with van der Waals surface area (Å²) in [6, 6.07) is -2.12. The number of amides is 6. The van der Waals surface area contributed by atoms with Crippen molar-refractivity contribution in [3.05, 3.63) is 12.2 Å². The molecule has 0 bridgehead atoms. The van der Waals surface area contributed by atoms with Crippen molar-refractivity contribution in [1.29, 1.82) is 0 Å². The normalized spacial score (nSPS) is 13.3. The molecule has 1 aliphatic rings. The maximum Gasteiger partial charge on any atom is 0.306 e. The van der Waals surface area contributed by atoms with Crippen molar-refractivity contribution < 1.29 is 47.8 Å². The van der Waals surface area contributed by atoms with E-state index >= 15 is 0 Å². The summed E-state index contributed by atoms with van der Waals surface area (Å²) in [6.07, 6.45) is 48.8. The molecule has 1 aliphatic heterocycles. The number of hydrogen-bond donors (Lipinski definition) is 4. The van der Waals surface area contributed by atoms with Crippen LogP contribution in [0, 0.1) is 0 Å². The van der Waals surface area contributed by atoms with Gasteiger partial charge in [-0.1, -0.05) is 252 Å². The molecule has 16 heteroatoms. The molecule has 6 amide bonds. The predicted octanol–water partition coefficient (Wildman–Crippen LogP) is 13.8. The molecule has 81 heavy (non-hydrogen) atoms. The summed E-state index contributed by atoms with van der Waals surface area (Å²) in [4.78, 5) is 104. The van der Waals surface area contributed by atoms with Gasteiger partial charge in [-0.25, -0.2) is 0 Å². The molecule has 0 aromatic carbocycles. The summed E-state index contributed by atoms with van der Waals surface area (Å²) in [5.41, 5.74) is 0. The number of nitrogens with one attached hydrogen (secondary N) is 4. The second-order valence-electron chi connectivity index (χ2n) is 22.9. The number of imide groups is 1. The second kappa shape index (κ2) is 54.0. The first-order valence-corrected chi connectivity index (χ1v) is 34.2. The number of ether oxygens (including phenoxy) is 2. The topological polar surface area (TPSA) is 206 Å². The molecule has 0 fully saturated rings. The van der Waals surface area contributed by atoms with Gasteiger partial charge in [0.2, 0.25) is 23.6 Å². The highest BCUT2D eigenvalue weighted by Gasteiger charge is 2.27. The minimum Gasteiger partial charge on any atom is -0.462 e. The molecule has 0 saturated carbocycles. The van der Waals surface area contributed by atoms with Crippen LogP contribution in [0.25, 0.3) is 0 Å². The van der Waals surface area contributed by atoms with Crippen LogP contribution in [0.1, 0.15) is 297 Å². The highest BCUT2D eigenvalue weighted by molar-refractivity contribution is 7.99. The first-order valence-electron chi connectivity index (χ1n) is 33.0. The Bertz CT molecular complexity index is 1680. The van der Waals surface area contributed by atoms with Crippen LogP contribution >= 0.6 is 11.8 Å². The first-order chi connectivity index (χ1) is 39.4. The lowest BCUT2D eigenvalue weighted by molar-refractivity contribution is -0.157. The summed E-state index contributed by atoms with van der Waals surface area (Å²) >= 11 is 1.29. The molecule has 15 nitrogen and oxygen atoms in total. The average Bonchev–Trinajstić information content (AvgIpc) is 3.77. The smallest absolute Gasteiger partial charge is 0.306 e. The van der Waals surface area contributed by atoms with Gasteiger partial charge in [-0.2, -0.15) is 11.8 Å². The number of thioether (sulfide) groups is 1. The Balaban J connectivity index is 2.84. The Morgan fingerprint density at radius 1 is 0.457 bits per heavy atom. The van der Waals surface area contributed by atoms with Gasteiger partial charge in [-0.15, -0.1) is 0 Å². The van der Waals surface area contributed by atoms with Crippen molar-refractivity contribution in [1.82, 2.24) is 26.2 Å². The summed E-state index contributed by atoms with van der Waals surface area (Å²) in [5, 5.41) is 10.6. The largest absolute Gasteiger partial charge is 0.462 e. The zero-order valence-corrected chi connectivity index (χ0v) is 52.6. The predicted molar refractivity (Wildman–Crippen MR) is 331 cm³/mol. The maximum absolute atomic E-state index is 13.9. The van der Waals surface area contributed by atoms with Crippen LogP contribution in [0.3, 0.4) is 0 Å². The Morgan fingerprint density at radius 2 is 0.840 bits per heavy atom. The lowest BCUT2D eigenvalue weighted by atomic mass is 10.0. The van der Waals surface area contributed by atoms with E-state index in [1.54, 1.807) is 0 Å². The van der Waals surface area contributed by atoms with Gasteiger partial charge < -0.3 is 30.7 Å². The minimum atomic E-state index is -1.07. The fourth-order valence-corrected chi connectivity index (χ4v) is 11.0. The van der Waals surface area contributed by atoms with Crippen molar-refractivity contribution in [3.63, 3.8) is 0 Å². The molecule has 0 aromatic rings.